The molecule has 2 nitrogen and oxygen atoms in total. The lowest BCUT2D eigenvalue weighted by Gasteiger charge is -1.90. The highest BCUT2D eigenvalue weighted by molar-refractivity contribution is 5.78. The van der Waals surface area contributed by atoms with Crippen molar-refractivity contribution >= 4 is 6.21 Å². The Morgan fingerprint density at radius 3 is 3.00 bits per heavy atom. The Morgan fingerprint density at radius 1 is 1.50 bits per heavy atom. The van der Waals surface area contributed by atoms with E-state index >= 15 is 0 Å². The maximum atomic E-state index is 8.07. The van der Waals surface area contributed by atoms with Crippen LogP contribution in [0, 0.1) is 18.8 Å². The molecule has 1 N–H and O–H groups in total. The molecule has 1 aromatic carbocycles. The molecule has 0 saturated carbocycles. The Hall–Kier alpha value is -1.75. The quantitative estimate of drug-likeness (QED) is 0.266. The standard InChI is InChI=1S/C10H9NO/c1-9-4-2-5-10(8-9)6-3-7-11-12/h2,4-5,7-8,12H,1H3/b11-7+. The largest absolute Gasteiger partial charge is 0.410 e. The van der Waals surface area contributed by atoms with Crippen molar-refractivity contribution in [2.24, 2.45) is 5.16 Å². The van der Waals surface area contributed by atoms with Crippen molar-refractivity contribution in [3.8, 4) is 11.8 Å². The van der Waals surface area contributed by atoms with Crippen LogP contribution in [0.15, 0.2) is 29.4 Å². The monoisotopic (exact) mass is 159 g/mol. The first-order valence-corrected chi connectivity index (χ1v) is 3.57. The molecule has 2 heteroatoms. The van der Waals surface area contributed by atoms with E-state index in [1.54, 1.807) is 0 Å². The molecule has 1 rings (SSSR count). The van der Waals surface area contributed by atoms with Gasteiger partial charge in [-0.05, 0) is 30.5 Å². The van der Waals surface area contributed by atoms with Crippen molar-refractivity contribution in [1.82, 2.24) is 0 Å². The second kappa shape index (κ2) is 4.20. The number of hydrogen-bond donors (Lipinski definition) is 1. The van der Waals surface area contributed by atoms with Crippen LogP contribution in [-0.4, -0.2) is 11.4 Å². The summed E-state index contributed by atoms with van der Waals surface area (Å²) in [5.41, 5.74) is 2.10. The Morgan fingerprint density at radius 2 is 2.33 bits per heavy atom. The summed E-state index contributed by atoms with van der Waals surface area (Å²) in [5.74, 6) is 5.41. The number of aryl methyl sites for hydroxylation is 1. The Balaban J connectivity index is 2.85. The average Bonchev–Trinajstić information content (AvgIpc) is 2.05. The lowest BCUT2D eigenvalue weighted by molar-refractivity contribution is 0.322. The zero-order valence-corrected chi connectivity index (χ0v) is 6.78. The molecule has 0 aliphatic rings. The van der Waals surface area contributed by atoms with E-state index < -0.39 is 0 Å². The first-order valence-electron chi connectivity index (χ1n) is 3.57. The van der Waals surface area contributed by atoms with Crippen LogP contribution < -0.4 is 0 Å². The van der Waals surface area contributed by atoms with Crippen molar-refractivity contribution < 1.29 is 5.21 Å². The molecule has 0 amide bonds. The van der Waals surface area contributed by atoms with Crippen molar-refractivity contribution in [2.45, 2.75) is 6.92 Å². The number of hydrogen-bond acceptors (Lipinski definition) is 2. The zero-order chi connectivity index (χ0) is 8.81. The van der Waals surface area contributed by atoms with E-state index in [0.717, 1.165) is 11.8 Å². The van der Waals surface area contributed by atoms with Gasteiger partial charge in [-0.25, -0.2) is 0 Å². The fourth-order valence-electron chi connectivity index (χ4n) is 0.867. The minimum absolute atomic E-state index is 0.926. The van der Waals surface area contributed by atoms with Crippen LogP contribution in [0.3, 0.4) is 0 Å². The van der Waals surface area contributed by atoms with Gasteiger partial charge in [0.1, 0.15) is 6.21 Å². The fourth-order valence-corrected chi connectivity index (χ4v) is 0.867. The molecule has 60 valence electrons. The molecule has 0 saturated heterocycles. The normalized spacial score (nSPS) is 9.42. The summed E-state index contributed by atoms with van der Waals surface area (Å²) in [4.78, 5) is 0. The Labute approximate surface area is 71.5 Å². The van der Waals surface area contributed by atoms with E-state index in [9.17, 15) is 0 Å². The third-order valence-corrected chi connectivity index (χ3v) is 1.36. The van der Waals surface area contributed by atoms with Gasteiger partial charge in [0.15, 0.2) is 0 Å². The van der Waals surface area contributed by atoms with Crippen LogP contribution in [0.5, 0.6) is 0 Å². The highest BCUT2D eigenvalue weighted by Gasteiger charge is 1.85. The molecule has 1 aromatic rings. The summed E-state index contributed by atoms with van der Waals surface area (Å²) >= 11 is 0. The SMILES string of the molecule is Cc1cccc(C#C/C=N/O)c1. The van der Waals surface area contributed by atoms with Gasteiger partial charge < -0.3 is 5.21 Å². The minimum Gasteiger partial charge on any atom is -0.410 e. The molecule has 0 radical (unpaired) electrons. The Kier molecular flexibility index (Phi) is 2.92. The lowest BCUT2D eigenvalue weighted by atomic mass is 10.1. The predicted octanol–water partition coefficient (Wildman–Crippen LogP) is 1.81. The van der Waals surface area contributed by atoms with Crippen molar-refractivity contribution in [3.05, 3.63) is 35.4 Å². The van der Waals surface area contributed by atoms with Gasteiger partial charge in [-0.3, -0.25) is 0 Å². The van der Waals surface area contributed by atoms with Gasteiger partial charge in [0.05, 0.1) is 0 Å². The van der Waals surface area contributed by atoms with E-state index in [0.29, 0.717) is 0 Å². The molecule has 0 aliphatic heterocycles. The summed E-state index contributed by atoms with van der Waals surface area (Å²) < 4.78 is 0. The minimum atomic E-state index is 0.926. The molecular weight excluding hydrogens is 150 g/mol. The Bertz CT molecular complexity index is 344. The van der Waals surface area contributed by atoms with Crippen molar-refractivity contribution in [1.29, 1.82) is 0 Å². The van der Waals surface area contributed by atoms with Gasteiger partial charge in [0, 0.05) is 5.56 Å². The topological polar surface area (TPSA) is 32.6 Å². The molecule has 0 spiro atoms. The second-order valence-corrected chi connectivity index (χ2v) is 2.38. The molecule has 0 unspecified atom stereocenters. The summed E-state index contributed by atoms with van der Waals surface area (Å²) in [5, 5.41) is 10.8. The highest BCUT2D eigenvalue weighted by atomic mass is 16.4. The maximum absolute atomic E-state index is 8.07. The molecule has 0 heterocycles. The highest BCUT2D eigenvalue weighted by Crippen LogP contribution is 2.01. The number of oxime groups is 1. The summed E-state index contributed by atoms with van der Waals surface area (Å²) in [6, 6.07) is 7.82. The fraction of sp³-hybridized carbons (Fsp3) is 0.100. The van der Waals surface area contributed by atoms with E-state index in [2.05, 4.69) is 17.0 Å². The van der Waals surface area contributed by atoms with Crippen LogP contribution in [0.2, 0.25) is 0 Å². The third-order valence-electron chi connectivity index (χ3n) is 1.36. The van der Waals surface area contributed by atoms with Crippen LogP contribution in [0.4, 0.5) is 0 Å². The summed E-state index contributed by atoms with van der Waals surface area (Å²) in [6.07, 6.45) is 1.16. The van der Waals surface area contributed by atoms with Crippen LogP contribution >= 0.6 is 0 Å². The molecule has 0 aliphatic carbocycles. The molecule has 0 fully saturated rings. The summed E-state index contributed by atoms with van der Waals surface area (Å²) in [6.45, 7) is 2.01. The van der Waals surface area contributed by atoms with Crippen LogP contribution in [-0.2, 0) is 0 Å². The smallest absolute Gasteiger partial charge is 0.116 e. The molecular formula is C10H9NO. The maximum Gasteiger partial charge on any atom is 0.116 e. The molecule has 0 atom stereocenters. The summed E-state index contributed by atoms with van der Waals surface area (Å²) in [7, 11) is 0. The molecule has 0 bridgehead atoms. The van der Waals surface area contributed by atoms with Crippen LogP contribution in [0.25, 0.3) is 0 Å². The number of nitrogens with zero attached hydrogens (tertiary/aromatic N) is 1. The van der Waals surface area contributed by atoms with Gasteiger partial charge in [0.2, 0.25) is 0 Å². The second-order valence-electron chi connectivity index (χ2n) is 2.38. The molecule has 12 heavy (non-hydrogen) atoms. The molecule has 0 aromatic heterocycles. The van der Waals surface area contributed by atoms with E-state index in [-0.39, 0.29) is 0 Å². The van der Waals surface area contributed by atoms with Crippen molar-refractivity contribution in [2.75, 3.05) is 0 Å². The third kappa shape index (κ3) is 2.47. The number of rotatable bonds is 0. The van der Waals surface area contributed by atoms with E-state index in [1.807, 2.05) is 31.2 Å². The number of benzene rings is 1. The zero-order valence-electron chi connectivity index (χ0n) is 6.78. The van der Waals surface area contributed by atoms with Gasteiger partial charge >= 0.3 is 0 Å². The van der Waals surface area contributed by atoms with Gasteiger partial charge in [-0.2, -0.15) is 0 Å². The van der Waals surface area contributed by atoms with Gasteiger partial charge in [-0.15, -0.1) is 0 Å². The van der Waals surface area contributed by atoms with Gasteiger partial charge in [-0.1, -0.05) is 23.2 Å². The first kappa shape index (κ1) is 8.35. The first-order chi connectivity index (χ1) is 5.83. The van der Waals surface area contributed by atoms with E-state index in [1.165, 1.54) is 5.56 Å². The van der Waals surface area contributed by atoms with Crippen molar-refractivity contribution in [3.63, 3.8) is 0 Å². The lowest BCUT2D eigenvalue weighted by Crippen LogP contribution is -1.76. The van der Waals surface area contributed by atoms with Crippen LogP contribution in [0.1, 0.15) is 11.1 Å². The van der Waals surface area contributed by atoms with E-state index in [4.69, 9.17) is 5.21 Å². The average molecular weight is 159 g/mol. The predicted molar refractivity (Wildman–Crippen MR) is 48.3 cm³/mol. The van der Waals surface area contributed by atoms with Gasteiger partial charge in [0.25, 0.3) is 0 Å².